The monoisotopic (exact) mass is 321 g/mol. The van der Waals surface area contributed by atoms with Crippen molar-refractivity contribution >= 4 is 5.69 Å². The van der Waals surface area contributed by atoms with Gasteiger partial charge in [0, 0.05) is 12.7 Å². The Kier molecular flexibility index (Phi) is 4.56. The fourth-order valence-electron chi connectivity index (χ4n) is 2.62. The van der Waals surface area contributed by atoms with Gasteiger partial charge in [0.2, 0.25) is 0 Å². The van der Waals surface area contributed by atoms with Crippen LogP contribution in [0.15, 0.2) is 54.7 Å². The lowest BCUT2D eigenvalue weighted by molar-refractivity contribution is 0.291. The van der Waals surface area contributed by atoms with Gasteiger partial charge in [-0.1, -0.05) is 38.1 Å². The van der Waals surface area contributed by atoms with E-state index in [9.17, 15) is 0 Å². The normalized spacial score (nSPS) is 11.0. The Morgan fingerprint density at radius 3 is 2.58 bits per heavy atom. The van der Waals surface area contributed by atoms with Crippen LogP contribution in [0.4, 0.5) is 5.69 Å². The highest BCUT2D eigenvalue weighted by atomic mass is 16.5. The van der Waals surface area contributed by atoms with E-state index < -0.39 is 0 Å². The molecule has 0 saturated carbocycles. The van der Waals surface area contributed by atoms with Gasteiger partial charge in [0.05, 0.1) is 11.9 Å². The highest BCUT2D eigenvalue weighted by Crippen LogP contribution is 2.23. The van der Waals surface area contributed by atoms with Crippen molar-refractivity contribution in [3.63, 3.8) is 0 Å². The fourth-order valence-corrected chi connectivity index (χ4v) is 2.62. The Hall–Kier alpha value is -2.75. The van der Waals surface area contributed by atoms with Crippen LogP contribution in [0.1, 0.15) is 31.2 Å². The van der Waals surface area contributed by atoms with Crippen LogP contribution in [0.5, 0.6) is 5.75 Å². The van der Waals surface area contributed by atoms with Crippen molar-refractivity contribution in [2.45, 2.75) is 26.4 Å². The minimum absolute atomic E-state index is 0.438. The van der Waals surface area contributed by atoms with Crippen molar-refractivity contribution in [1.29, 1.82) is 0 Å². The molecule has 4 nitrogen and oxygen atoms in total. The van der Waals surface area contributed by atoms with E-state index in [0.717, 1.165) is 28.5 Å². The Morgan fingerprint density at radius 1 is 1.12 bits per heavy atom. The third kappa shape index (κ3) is 3.43. The minimum atomic E-state index is 0.438. The van der Waals surface area contributed by atoms with E-state index in [1.54, 1.807) is 0 Å². The van der Waals surface area contributed by atoms with Crippen LogP contribution < -0.4 is 10.5 Å². The van der Waals surface area contributed by atoms with Gasteiger partial charge in [-0.3, -0.25) is 0 Å². The quantitative estimate of drug-likeness (QED) is 0.710. The first-order valence-electron chi connectivity index (χ1n) is 8.14. The lowest BCUT2D eigenvalue weighted by Gasteiger charge is -2.11. The van der Waals surface area contributed by atoms with Gasteiger partial charge in [0.25, 0.3) is 0 Å². The number of anilines is 1. The Labute approximate surface area is 142 Å². The number of hydrogen-bond donors (Lipinski definition) is 1. The van der Waals surface area contributed by atoms with E-state index in [2.05, 4.69) is 35.5 Å². The number of aromatic nitrogens is 2. The van der Waals surface area contributed by atoms with Crippen molar-refractivity contribution in [3.05, 3.63) is 66.1 Å². The van der Waals surface area contributed by atoms with Gasteiger partial charge < -0.3 is 15.0 Å². The summed E-state index contributed by atoms with van der Waals surface area (Å²) in [7, 11) is 2.00. The summed E-state index contributed by atoms with van der Waals surface area (Å²) in [6.07, 6.45) is 1.87. The van der Waals surface area contributed by atoms with E-state index in [1.165, 1.54) is 5.56 Å². The number of nitrogens with zero attached hydrogens (tertiary/aromatic N) is 2. The number of nitrogens with two attached hydrogens (primary N) is 1. The number of hydrogen-bond acceptors (Lipinski definition) is 3. The van der Waals surface area contributed by atoms with Gasteiger partial charge in [-0.25, -0.2) is 4.98 Å². The lowest BCUT2D eigenvalue weighted by Crippen LogP contribution is -2.04. The van der Waals surface area contributed by atoms with Crippen molar-refractivity contribution < 1.29 is 4.74 Å². The highest BCUT2D eigenvalue weighted by Gasteiger charge is 2.09. The molecule has 0 amide bonds. The van der Waals surface area contributed by atoms with Gasteiger partial charge in [-0.2, -0.15) is 0 Å². The maximum atomic E-state index is 5.93. The zero-order valence-electron chi connectivity index (χ0n) is 14.4. The van der Waals surface area contributed by atoms with Crippen molar-refractivity contribution in [2.75, 3.05) is 5.73 Å². The third-order valence-electron chi connectivity index (χ3n) is 4.18. The minimum Gasteiger partial charge on any atom is -0.486 e. The zero-order valence-corrected chi connectivity index (χ0v) is 14.4. The molecule has 2 N–H and O–H groups in total. The zero-order chi connectivity index (χ0) is 17.1. The molecule has 0 radical (unpaired) electrons. The number of benzene rings is 2. The molecule has 1 heterocycles. The smallest absolute Gasteiger partial charge is 0.146 e. The molecular weight excluding hydrogens is 298 g/mol. The Balaban J connectivity index is 1.75. The summed E-state index contributed by atoms with van der Waals surface area (Å²) < 4.78 is 7.98. The first kappa shape index (κ1) is 16.1. The van der Waals surface area contributed by atoms with E-state index >= 15 is 0 Å². The molecule has 124 valence electrons. The summed E-state index contributed by atoms with van der Waals surface area (Å²) in [4.78, 5) is 4.49. The largest absolute Gasteiger partial charge is 0.486 e. The molecular formula is C20H23N3O. The van der Waals surface area contributed by atoms with Crippen LogP contribution >= 0.6 is 0 Å². The van der Waals surface area contributed by atoms with Crippen LogP contribution in [0.25, 0.3) is 11.3 Å². The van der Waals surface area contributed by atoms with Crippen LogP contribution in [-0.4, -0.2) is 9.55 Å². The fraction of sp³-hybridized carbons (Fsp3) is 0.250. The average Bonchev–Trinajstić information content (AvgIpc) is 2.95. The second-order valence-electron chi connectivity index (χ2n) is 6.26. The van der Waals surface area contributed by atoms with E-state index in [-0.39, 0.29) is 0 Å². The summed E-state index contributed by atoms with van der Waals surface area (Å²) in [6, 6.07) is 16.0. The number of ether oxygens (including phenoxy) is 1. The van der Waals surface area contributed by atoms with Crippen LogP contribution in [0.2, 0.25) is 0 Å². The summed E-state index contributed by atoms with van der Waals surface area (Å²) in [5.74, 6) is 2.24. The van der Waals surface area contributed by atoms with Gasteiger partial charge >= 0.3 is 0 Å². The van der Waals surface area contributed by atoms with E-state index in [4.69, 9.17) is 10.5 Å². The molecule has 0 aliphatic heterocycles. The Morgan fingerprint density at radius 2 is 1.88 bits per heavy atom. The molecule has 0 bridgehead atoms. The first-order valence-corrected chi connectivity index (χ1v) is 8.14. The molecule has 3 rings (SSSR count). The molecule has 4 heteroatoms. The molecule has 2 aromatic carbocycles. The topological polar surface area (TPSA) is 53.1 Å². The summed E-state index contributed by atoms with van der Waals surface area (Å²) in [5, 5.41) is 0. The van der Waals surface area contributed by atoms with Crippen molar-refractivity contribution in [1.82, 2.24) is 9.55 Å². The van der Waals surface area contributed by atoms with E-state index in [0.29, 0.717) is 12.5 Å². The first-order chi connectivity index (χ1) is 11.5. The second kappa shape index (κ2) is 6.79. The molecule has 0 aliphatic carbocycles. The summed E-state index contributed by atoms with van der Waals surface area (Å²) >= 11 is 0. The molecule has 24 heavy (non-hydrogen) atoms. The molecule has 1 aromatic heterocycles. The van der Waals surface area contributed by atoms with Gasteiger partial charge in [-0.05, 0) is 41.3 Å². The number of rotatable bonds is 5. The molecule has 0 unspecified atom stereocenters. The molecule has 0 atom stereocenters. The molecule has 0 aliphatic rings. The highest BCUT2D eigenvalue weighted by molar-refractivity contribution is 5.62. The number of imidazole rings is 1. The average molecular weight is 321 g/mol. The maximum Gasteiger partial charge on any atom is 0.146 e. The molecule has 0 saturated heterocycles. The van der Waals surface area contributed by atoms with Gasteiger partial charge in [0.15, 0.2) is 0 Å². The molecule has 0 spiro atoms. The second-order valence-corrected chi connectivity index (χ2v) is 6.26. The predicted molar refractivity (Wildman–Crippen MR) is 97.9 cm³/mol. The van der Waals surface area contributed by atoms with Gasteiger partial charge in [-0.15, -0.1) is 0 Å². The van der Waals surface area contributed by atoms with Crippen LogP contribution in [-0.2, 0) is 13.7 Å². The Bertz CT molecular complexity index is 819. The van der Waals surface area contributed by atoms with E-state index in [1.807, 2.05) is 49.6 Å². The maximum absolute atomic E-state index is 5.93. The van der Waals surface area contributed by atoms with Crippen LogP contribution in [0.3, 0.4) is 0 Å². The number of nitrogen functional groups attached to an aromatic ring is 1. The third-order valence-corrected chi connectivity index (χ3v) is 4.18. The predicted octanol–water partition coefficient (Wildman–Crippen LogP) is 4.37. The SMILES string of the molecule is CC(C)c1cccc(OCc2ncc(-c3ccc(N)cc3)n2C)c1. The lowest BCUT2D eigenvalue weighted by atomic mass is 10.0. The summed E-state index contributed by atoms with van der Waals surface area (Å²) in [6.45, 7) is 4.79. The standard InChI is InChI=1S/C20H23N3O/c1-14(2)16-5-4-6-18(11-16)24-13-20-22-12-19(23(20)3)15-7-9-17(21)10-8-15/h4-12,14H,13,21H2,1-3H3. The summed E-state index contributed by atoms with van der Waals surface area (Å²) in [5.41, 5.74) is 9.92. The van der Waals surface area contributed by atoms with Gasteiger partial charge in [0.1, 0.15) is 18.2 Å². The molecule has 0 fully saturated rings. The van der Waals surface area contributed by atoms with Crippen LogP contribution in [0, 0.1) is 0 Å². The van der Waals surface area contributed by atoms with Crippen molar-refractivity contribution in [2.24, 2.45) is 7.05 Å². The van der Waals surface area contributed by atoms with Crippen molar-refractivity contribution in [3.8, 4) is 17.0 Å². The molecule has 3 aromatic rings.